The Morgan fingerprint density at radius 3 is 2.56 bits per heavy atom. The van der Waals surface area contributed by atoms with Crippen LogP contribution in [0.1, 0.15) is 28.4 Å². The number of hydrogen-bond acceptors (Lipinski definition) is 3. The van der Waals surface area contributed by atoms with E-state index in [1.807, 2.05) is 0 Å². The lowest BCUT2D eigenvalue weighted by molar-refractivity contribution is -0.138. The van der Waals surface area contributed by atoms with Gasteiger partial charge in [-0.3, -0.25) is 0 Å². The van der Waals surface area contributed by atoms with Gasteiger partial charge >= 0.3 is 12.1 Å². The van der Waals surface area contributed by atoms with Gasteiger partial charge in [0.05, 0.1) is 34.4 Å². The molecule has 96 valence electrons. The predicted octanol–water partition coefficient (Wildman–Crippen LogP) is 3.41. The van der Waals surface area contributed by atoms with E-state index in [1.54, 1.807) is 0 Å². The monoisotopic (exact) mass is 277 g/mol. The van der Waals surface area contributed by atoms with E-state index in [2.05, 4.69) is 4.74 Å². The van der Waals surface area contributed by atoms with E-state index in [9.17, 15) is 18.0 Å². The van der Waals surface area contributed by atoms with Crippen molar-refractivity contribution in [2.24, 2.45) is 0 Å². The van der Waals surface area contributed by atoms with Crippen LogP contribution in [0, 0.1) is 11.3 Å². The summed E-state index contributed by atoms with van der Waals surface area (Å²) in [5, 5.41) is 8.26. The molecule has 0 fully saturated rings. The quantitative estimate of drug-likeness (QED) is 0.778. The van der Waals surface area contributed by atoms with Crippen molar-refractivity contribution in [2.45, 2.75) is 13.1 Å². The normalized spacial score (nSPS) is 10.9. The van der Waals surface area contributed by atoms with Crippen molar-refractivity contribution in [1.82, 2.24) is 0 Å². The molecule has 0 unspecified atom stereocenters. The summed E-state index contributed by atoms with van der Waals surface area (Å²) in [4.78, 5) is 11.5. The van der Waals surface area contributed by atoms with Crippen molar-refractivity contribution in [3.63, 3.8) is 0 Å². The SMILES string of the molecule is CCOC(=O)c1c(Cl)ccc(C#N)c1C(F)(F)F. The van der Waals surface area contributed by atoms with Gasteiger partial charge in [-0.05, 0) is 19.1 Å². The van der Waals surface area contributed by atoms with Gasteiger partial charge in [0.1, 0.15) is 0 Å². The van der Waals surface area contributed by atoms with Crippen molar-refractivity contribution in [2.75, 3.05) is 6.61 Å². The van der Waals surface area contributed by atoms with Crippen LogP contribution < -0.4 is 0 Å². The minimum absolute atomic E-state index is 0.0940. The van der Waals surface area contributed by atoms with Gasteiger partial charge in [0, 0.05) is 0 Å². The molecule has 0 bridgehead atoms. The van der Waals surface area contributed by atoms with E-state index in [0.717, 1.165) is 12.1 Å². The second-order valence-corrected chi connectivity index (χ2v) is 3.58. The number of hydrogen-bond donors (Lipinski definition) is 0. The zero-order valence-corrected chi connectivity index (χ0v) is 9.89. The minimum Gasteiger partial charge on any atom is -0.462 e. The van der Waals surface area contributed by atoms with Crippen LogP contribution in [-0.2, 0) is 10.9 Å². The van der Waals surface area contributed by atoms with Gasteiger partial charge in [-0.15, -0.1) is 0 Å². The lowest BCUT2D eigenvalue weighted by Crippen LogP contribution is -2.17. The van der Waals surface area contributed by atoms with E-state index in [-0.39, 0.29) is 6.61 Å². The number of benzene rings is 1. The van der Waals surface area contributed by atoms with Crippen LogP contribution in [0.2, 0.25) is 5.02 Å². The van der Waals surface area contributed by atoms with E-state index in [0.29, 0.717) is 0 Å². The Balaban J connectivity index is 3.58. The second-order valence-electron chi connectivity index (χ2n) is 3.17. The van der Waals surface area contributed by atoms with Crippen LogP contribution in [0.25, 0.3) is 0 Å². The maximum atomic E-state index is 12.9. The fourth-order valence-corrected chi connectivity index (χ4v) is 1.60. The van der Waals surface area contributed by atoms with Gasteiger partial charge in [0.15, 0.2) is 0 Å². The van der Waals surface area contributed by atoms with Gasteiger partial charge in [0.25, 0.3) is 0 Å². The molecule has 0 saturated carbocycles. The van der Waals surface area contributed by atoms with Gasteiger partial charge in [-0.25, -0.2) is 4.79 Å². The second kappa shape index (κ2) is 5.27. The number of rotatable bonds is 2. The third kappa shape index (κ3) is 2.74. The third-order valence-corrected chi connectivity index (χ3v) is 2.35. The zero-order chi connectivity index (χ0) is 13.9. The lowest BCUT2D eigenvalue weighted by atomic mass is 10.0. The number of carbonyl (C=O) groups excluding carboxylic acids is 1. The molecule has 1 aromatic rings. The Labute approximate surface area is 106 Å². The van der Waals surface area contributed by atoms with E-state index >= 15 is 0 Å². The highest BCUT2D eigenvalue weighted by atomic mass is 35.5. The molecule has 7 heteroatoms. The third-order valence-electron chi connectivity index (χ3n) is 2.04. The Morgan fingerprint density at radius 2 is 2.11 bits per heavy atom. The average Bonchev–Trinajstić information content (AvgIpc) is 2.27. The molecule has 0 spiro atoms. The molecule has 0 amide bonds. The maximum absolute atomic E-state index is 12.9. The highest BCUT2D eigenvalue weighted by molar-refractivity contribution is 6.33. The fourth-order valence-electron chi connectivity index (χ4n) is 1.37. The highest BCUT2D eigenvalue weighted by Gasteiger charge is 2.39. The Morgan fingerprint density at radius 1 is 1.50 bits per heavy atom. The first-order valence-corrected chi connectivity index (χ1v) is 5.17. The molecule has 0 atom stereocenters. The van der Waals surface area contributed by atoms with Crippen molar-refractivity contribution >= 4 is 17.6 Å². The van der Waals surface area contributed by atoms with E-state index in [4.69, 9.17) is 16.9 Å². The Bertz CT molecular complexity index is 520. The number of nitrogens with zero attached hydrogens (tertiary/aromatic N) is 1. The molecule has 0 aromatic heterocycles. The van der Waals surface area contributed by atoms with Gasteiger partial charge in [-0.2, -0.15) is 18.4 Å². The molecule has 0 aliphatic carbocycles. The lowest BCUT2D eigenvalue weighted by Gasteiger charge is -2.14. The number of ether oxygens (including phenoxy) is 1. The van der Waals surface area contributed by atoms with Crippen LogP contribution in [0.4, 0.5) is 13.2 Å². The Kier molecular flexibility index (Phi) is 4.19. The van der Waals surface area contributed by atoms with Gasteiger partial charge in [-0.1, -0.05) is 11.6 Å². The number of esters is 1. The van der Waals surface area contributed by atoms with E-state index in [1.165, 1.54) is 13.0 Å². The summed E-state index contributed by atoms with van der Waals surface area (Å²) in [7, 11) is 0. The first kappa shape index (κ1) is 14.3. The van der Waals surface area contributed by atoms with Gasteiger partial charge < -0.3 is 4.74 Å². The molecule has 3 nitrogen and oxygen atoms in total. The number of alkyl halides is 3. The van der Waals surface area contributed by atoms with Gasteiger partial charge in [0.2, 0.25) is 0 Å². The first-order valence-electron chi connectivity index (χ1n) is 4.79. The number of halogens is 4. The average molecular weight is 278 g/mol. The molecule has 0 N–H and O–H groups in total. The predicted molar refractivity (Wildman–Crippen MR) is 57.1 cm³/mol. The molecule has 0 heterocycles. The maximum Gasteiger partial charge on any atom is 0.418 e. The standard InChI is InChI=1S/C11H7ClF3NO2/c1-2-18-10(17)8-7(12)4-3-6(5-16)9(8)11(13,14)15/h3-4H,2H2,1H3. The summed E-state index contributed by atoms with van der Waals surface area (Å²) < 4.78 is 43.1. The highest BCUT2D eigenvalue weighted by Crippen LogP contribution is 2.37. The topological polar surface area (TPSA) is 50.1 Å². The molecule has 0 radical (unpaired) electrons. The summed E-state index contributed by atoms with van der Waals surface area (Å²) in [6, 6.07) is 3.35. The van der Waals surface area contributed by atoms with E-state index < -0.39 is 33.9 Å². The fraction of sp³-hybridized carbons (Fsp3) is 0.273. The van der Waals surface area contributed by atoms with Crippen molar-refractivity contribution < 1.29 is 22.7 Å². The summed E-state index contributed by atoms with van der Waals surface area (Å²) >= 11 is 5.58. The minimum atomic E-state index is -4.86. The van der Waals surface area contributed by atoms with Crippen LogP contribution in [0.15, 0.2) is 12.1 Å². The summed E-state index contributed by atoms with van der Waals surface area (Å²) in [5.74, 6) is -1.20. The molecule has 0 saturated heterocycles. The van der Waals surface area contributed by atoms with Crippen LogP contribution in [0.3, 0.4) is 0 Å². The molecule has 0 aliphatic rings. The molecule has 0 aliphatic heterocycles. The van der Waals surface area contributed by atoms with Crippen molar-refractivity contribution in [1.29, 1.82) is 5.26 Å². The Hall–Kier alpha value is -1.74. The van der Waals surface area contributed by atoms with Crippen LogP contribution in [0.5, 0.6) is 0 Å². The van der Waals surface area contributed by atoms with Crippen LogP contribution >= 0.6 is 11.6 Å². The molecule has 1 aromatic carbocycles. The summed E-state index contributed by atoms with van der Waals surface area (Å²) in [6.45, 7) is 1.36. The van der Waals surface area contributed by atoms with Crippen molar-refractivity contribution in [3.8, 4) is 6.07 Å². The summed E-state index contributed by atoms with van der Waals surface area (Å²) in [5.41, 5.74) is -2.86. The number of carbonyl (C=O) groups is 1. The molecule has 18 heavy (non-hydrogen) atoms. The smallest absolute Gasteiger partial charge is 0.418 e. The van der Waals surface area contributed by atoms with Crippen LogP contribution in [-0.4, -0.2) is 12.6 Å². The number of nitriles is 1. The molecular weight excluding hydrogens is 271 g/mol. The molecule has 1 rings (SSSR count). The zero-order valence-electron chi connectivity index (χ0n) is 9.14. The molecular formula is C11H7ClF3NO2. The first-order chi connectivity index (χ1) is 8.32. The van der Waals surface area contributed by atoms with Crippen molar-refractivity contribution in [3.05, 3.63) is 33.8 Å². The summed E-state index contributed by atoms with van der Waals surface area (Å²) in [6.07, 6.45) is -4.86. The largest absolute Gasteiger partial charge is 0.462 e.